The van der Waals surface area contributed by atoms with Crippen LogP contribution in [0.2, 0.25) is 0 Å². The van der Waals surface area contributed by atoms with Crippen LogP contribution in [0.3, 0.4) is 0 Å². The smallest absolute Gasteiger partial charge is 0.324 e. The number of carbonyl (C=O) groups is 3. The van der Waals surface area contributed by atoms with Crippen molar-refractivity contribution >= 4 is 40.4 Å². The molecule has 0 radical (unpaired) electrons. The van der Waals surface area contributed by atoms with E-state index >= 15 is 0 Å². The third-order valence-corrected chi connectivity index (χ3v) is 5.37. The van der Waals surface area contributed by atoms with Crippen molar-refractivity contribution in [2.45, 2.75) is 6.04 Å². The fraction of sp³-hybridized carbons (Fsp3) is 0.250. The number of nitrogen functional groups attached to an aromatic ring is 1. The molecule has 4 rings (SSSR count). The van der Waals surface area contributed by atoms with Gasteiger partial charge in [-0.2, -0.15) is 0 Å². The molecular weight excluding hydrogens is 414 g/mol. The van der Waals surface area contributed by atoms with Gasteiger partial charge in [0.2, 0.25) is 0 Å². The molecular formula is C20H18F2N4O5. The number of halogens is 2. The van der Waals surface area contributed by atoms with Crippen molar-refractivity contribution in [1.29, 1.82) is 0 Å². The van der Waals surface area contributed by atoms with Gasteiger partial charge in [0, 0.05) is 24.7 Å². The predicted octanol–water partition coefficient (Wildman–Crippen LogP) is 1.26. The molecule has 0 bridgehead atoms. The third kappa shape index (κ3) is 3.05. The number of carbonyl (C=O) groups excluding carboxylic acids is 2. The van der Waals surface area contributed by atoms with E-state index < -0.39 is 40.9 Å². The number of carboxylic acid groups (broad SMARTS) is 1. The second kappa shape index (κ2) is 7.20. The molecule has 2 aliphatic rings. The molecule has 0 aromatic heterocycles. The zero-order chi connectivity index (χ0) is 22.6. The number of methoxy groups -OCH3 is 1. The van der Waals surface area contributed by atoms with Crippen LogP contribution >= 0.6 is 0 Å². The Morgan fingerprint density at radius 3 is 2.39 bits per heavy atom. The zero-order valence-corrected chi connectivity index (χ0v) is 16.3. The van der Waals surface area contributed by atoms with E-state index in [1.54, 1.807) is 4.90 Å². The summed E-state index contributed by atoms with van der Waals surface area (Å²) in [6, 6.07) is 4.16. The number of aliphatic carboxylic acids is 1. The summed E-state index contributed by atoms with van der Waals surface area (Å²) in [5.74, 6) is -7.76. The van der Waals surface area contributed by atoms with Crippen LogP contribution in [0.4, 0.5) is 31.5 Å². The topological polar surface area (TPSA) is 139 Å². The zero-order valence-electron chi connectivity index (χ0n) is 16.3. The second-order valence-corrected chi connectivity index (χ2v) is 7.31. The Kier molecular flexibility index (Phi) is 4.77. The van der Waals surface area contributed by atoms with Crippen molar-refractivity contribution in [1.82, 2.24) is 0 Å². The minimum Gasteiger partial charge on any atom is -0.492 e. The molecule has 2 aromatic carbocycles. The van der Waals surface area contributed by atoms with Crippen LogP contribution in [0, 0.1) is 17.6 Å². The Morgan fingerprint density at radius 1 is 1.13 bits per heavy atom. The number of anilines is 4. The van der Waals surface area contributed by atoms with Gasteiger partial charge in [-0.25, -0.2) is 8.78 Å². The van der Waals surface area contributed by atoms with Gasteiger partial charge in [0.05, 0.1) is 24.2 Å². The molecule has 31 heavy (non-hydrogen) atoms. The van der Waals surface area contributed by atoms with Crippen LogP contribution in [-0.4, -0.2) is 49.0 Å². The van der Waals surface area contributed by atoms with Crippen LogP contribution < -0.4 is 26.0 Å². The highest BCUT2D eigenvalue weighted by Gasteiger charge is 2.46. The van der Waals surface area contributed by atoms with Crippen LogP contribution in [-0.2, 0) is 9.59 Å². The lowest BCUT2D eigenvalue weighted by atomic mass is 9.88. The van der Waals surface area contributed by atoms with Gasteiger partial charge < -0.3 is 26.2 Å². The Labute approximate surface area is 174 Å². The molecule has 1 amide bonds. The summed E-state index contributed by atoms with van der Waals surface area (Å²) >= 11 is 0. The molecule has 162 valence electrons. The maximum absolute atomic E-state index is 14.8. The molecule has 1 atom stereocenters. The summed E-state index contributed by atoms with van der Waals surface area (Å²) < 4.78 is 33.9. The predicted molar refractivity (Wildman–Crippen MR) is 107 cm³/mol. The fourth-order valence-electron chi connectivity index (χ4n) is 3.82. The van der Waals surface area contributed by atoms with Gasteiger partial charge in [-0.15, -0.1) is 0 Å². The van der Waals surface area contributed by atoms with Gasteiger partial charge in [0.1, 0.15) is 17.3 Å². The van der Waals surface area contributed by atoms with E-state index in [1.165, 1.54) is 19.2 Å². The molecule has 2 aromatic rings. The lowest BCUT2D eigenvalue weighted by Gasteiger charge is -2.40. The molecule has 9 nitrogen and oxygen atoms in total. The normalized spacial score (nSPS) is 18.6. The number of Topliss-reactive ketones (excluding diaryl/α,β-unsaturated/α-hetero) is 1. The van der Waals surface area contributed by atoms with Crippen molar-refractivity contribution < 1.29 is 33.0 Å². The number of carboxylic acids is 1. The lowest BCUT2D eigenvalue weighted by Crippen LogP contribution is -2.56. The minimum absolute atomic E-state index is 0.0614. The number of ketones is 1. The number of ether oxygens (including phenoxy) is 1. The largest absolute Gasteiger partial charge is 0.492 e. The van der Waals surface area contributed by atoms with Crippen LogP contribution in [0.5, 0.6) is 5.75 Å². The maximum atomic E-state index is 14.8. The Hall–Kier alpha value is -3.73. The van der Waals surface area contributed by atoms with Crippen molar-refractivity contribution in [3.05, 3.63) is 41.5 Å². The quantitative estimate of drug-likeness (QED) is 0.485. The van der Waals surface area contributed by atoms with Crippen molar-refractivity contribution in [2.24, 2.45) is 11.7 Å². The standard InChI is InChI=1S/C20H18F2N4O5/c1-31-18-12(3-2-10(21)16(18)24)26-13-5-14(25-6-8(23)7-25)11(22)4-9(13)17(27)15(19(26)28)20(29)30/h2-5,8,15H,6-7,23-24H2,1H3,(H,29,30). The first kappa shape index (κ1) is 20.5. The minimum atomic E-state index is -2.11. The number of nitrogens with two attached hydrogens (primary N) is 2. The fourth-order valence-corrected chi connectivity index (χ4v) is 3.82. The second-order valence-electron chi connectivity index (χ2n) is 7.31. The molecule has 1 fully saturated rings. The maximum Gasteiger partial charge on any atom is 0.324 e. The van der Waals surface area contributed by atoms with E-state index in [4.69, 9.17) is 16.2 Å². The first-order valence-electron chi connectivity index (χ1n) is 9.22. The van der Waals surface area contributed by atoms with Gasteiger partial charge >= 0.3 is 5.97 Å². The molecule has 0 aliphatic carbocycles. The van der Waals surface area contributed by atoms with Crippen LogP contribution in [0.1, 0.15) is 10.4 Å². The van der Waals surface area contributed by atoms with Crippen LogP contribution in [0.25, 0.3) is 0 Å². The van der Waals surface area contributed by atoms with E-state index in [2.05, 4.69) is 0 Å². The molecule has 5 N–H and O–H groups in total. The van der Waals surface area contributed by atoms with Gasteiger partial charge in [-0.1, -0.05) is 0 Å². The summed E-state index contributed by atoms with van der Waals surface area (Å²) in [5, 5.41) is 9.48. The number of rotatable bonds is 4. The first-order valence-corrected chi connectivity index (χ1v) is 9.22. The van der Waals surface area contributed by atoms with E-state index in [1.807, 2.05) is 0 Å². The lowest BCUT2D eigenvalue weighted by molar-refractivity contribution is -0.143. The van der Waals surface area contributed by atoms with Gasteiger partial charge in [0.15, 0.2) is 17.5 Å². The number of amides is 1. The molecule has 2 heterocycles. The van der Waals surface area contributed by atoms with Crippen LogP contribution in [0.15, 0.2) is 24.3 Å². The number of fused-ring (bicyclic) bond motifs is 1. The SMILES string of the molecule is COc1c(N2C(=O)C(C(=O)O)C(=O)c3cc(F)c(N4CC(N)C4)cc32)ccc(F)c1N. The molecule has 0 saturated carbocycles. The average Bonchev–Trinajstić information content (AvgIpc) is 2.68. The molecule has 0 spiro atoms. The van der Waals surface area contributed by atoms with Gasteiger partial charge in [-0.05, 0) is 24.3 Å². The highest BCUT2D eigenvalue weighted by molar-refractivity contribution is 6.32. The Morgan fingerprint density at radius 2 is 1.81 bits per heavy atom. The van der Waals surface area contributed by atoms with E-state index in [0.29, 0.717) is 13.1 Å². The first-order chi connectivity index (χ1) is 14.6. The number of nitrogens with zero attached hydrogens (tertiary/aromatic N) is 2. The summed E-state index contributed by atoms with van der Waals surface area (Å²) in [6.07, 6.45) is 0. The highest BCUT2D eigenvalue weighted by atomic mass is 19.1. The summed E-state index contributed by atoms with van der Waals surface area (Å²) in [7, 11) is 1.20. The summed E-state index contributed by atoms with van der Waals surface area (Å²) in [5.41, 5.74) is 10.7. The molecule has 11 heteroatoms. The Balaban J connectivity index is 1.97. The number of benzene rings is 2. The monoisotopic (exact) mass is 432 g/mol. The van der Waals surface area contributed by atoms with Crippen molar-refractivity contribution in [3.63, 3.8) is 0 Å². The van der Waals surface area contributed by atoms with Gasteiger partial charge in [0.25, 0.3) is 5.91 Å². The number of hydrogen-bond acceptors (Lipinski definition) is 7. The van der Waals surface area contributed by atoms with Gasteiger partial charge in [-0.3, -0.25) is 19.3 Å². The Bertz CT molecular complexity index is 1130. The third-order valence-electron chi connectivity index (χ3n) is 5.37. The highest BCUT2D eigenvalue weighted by Crippen LogP contribution is 2.45. The van der Waals surface area contributed by atoms with Crippen molar-refractivity contribution in [2.75, 3.05) is 35.7 Å². The van der Waals surface area contributed by atoms with E-state index in [0.717, 1.165) is 17.0 Å². The van der Waals surface area contributed by atoms with Crippen molar-refractivity contribution in [3.8, 4) is 5.75 Å². The molecule has 2 aliphatic heterocycles. The van der Waals surface area contributed by atoms with E-state index in [9.17, 15) is 28.3 Å². The average molecular weight is 432 g/mol. The van der Waals surface area contributed by atoms with E-state index in [-0.39, 0.29) is 34.4 Å². The summed E-state index contributed by atoms with van der Waals surface area (Å²) in [6.45, 7) is 0.727. The molecule has 1 saturated heterocycles. The number of hydrogen-bond donors (Lipinski definition) is 3. The molecule has 1 unspecified atom stereocenters. The summed E-state index contributed by atoms with van der Waals surface area (Å²) in [4.78, 5) is 40.1.